The number of carbonyl (C=O) groups excluding carboxylic acids is 1. The molecule has 0 bridgehead atoms. The zero-order chi connectivity index (χ0) is 14.5. The van der Waals surface area contributed by atoms with Crippen LogP contribution in [0.25, 0.3) is 0 Å². The van der Waals surface area contributed by atoms with Gasteiger partial charge in [0, 0.05) is 12.6 Å². The largest absolute Gasteiger partial charge is 0.504 e. The van der Waals surface area contributed by atoms with Crippen LogP contribution >= 0.6 is 0 Å². The van der Waals surface area contributed by atoms with E-state index >= 15 is 0 Å². The molecule has 5 nitrogen and oxygen atoms in total. The molecule has 0 aliphatic heterocycles. The van der Waals surface area contributed by atoms with Gasteiger partial charge in [-0.1, -0.05) is 18.9 Å². The van der Waals surface area contributed by atoms with E-state index in [2.05, 4.69) is 4.90 Å². The summed E-state index contributed by atoms with van der Waals surface area (Å²) in [6, 6.07) is 5.73. The molecule has 1 amide bonds. The Balaban J connectivity index is 2.10. The highest BCUT2D eigenvalue weighted by Crippen LogP contribution is 2.29. The average molecular weight is 278 g/mol. The minimum atomic E-state index is -0.311. The quantitative estimate of drug-likeness (QED) is 0.829. The van der Waals surface area contributed by atoms with Crippen LogP contribution in [-0.4, -0.2) is 35.6 Å². The van der Waals surface area contributed by atoms with E-state index < -0.39 is 0 Å². The van der Waals surface area contributed by atoms with Crippen molar-refractivity contribution >= 4 is 5.91 Å². The number of ether oxygens (including phenoxy) is 1. The number of hydrogen-bond acceptors (Lipinski definition) is 4. The van der Waals surface area contributed by atoms with Gasteiger partial charge in [-0.25, -0.2) is 0 Å². The van der Waals surface area contributed by atoms with E-state index in [0.29, 0.717) is 18.3 Å². The van der Waals surface area contributed by atoms with Gasteiger partial charge in [-0.05, 0) is 30.5 Å². The van der Waals surface area contributed by atoms with Crippen LogP contribution in [0.15, 0.2) is 18.2 Å². The molecule has 1 saturated carbocycles. The second-order valence-electron chi connectivity index (χ2n) is 5.32. The number of phenolic OH excluding ortho intramolecular Hbond substituents is 1. The van der Waals surface area contributed by atoms with Crippen molar-refractivity contribution < 1.29 is 14.6 Å². The Bertz CT molecular complexity index is 470. The van der Waals surface area contributed by atoms with Crippen LogP contribution in [-0.2, 0) is 11.3 Å². The monoisotopic (exact) mass is 278 g/mol. The van der Waals surface area contributed by atoms with Gasteiger partial charge in [-0.3, -0.25) is 9.69 Å². The lowest BCUT2D eigenvalue weighted by Gasteiger charge is -2.27. The molecule has 110 valence electrons. The fourth-order valence-electron chi connectivity index (χ4n) is 2.85. The van der Waals surface area contributed by atoms with E-state index in [1.807, 2.05) is 6.07 Å². The summed E-state index contributed by atoms with van der Waals surface area (Å²) < 4.78 is 5.03. The highest BCUT2D eigenvalue weighted by Gasteiger charge is 2.24. The zero-order valence-electron chi connectivity index (χ0n) is 11.8. The Hall–Kier alpha value is -1.75. The normalized spacial score (nSPS) is 15.7. The molecule has 0 unspecified atom stereocenters. The van der Waals surface area contributed by atoms with Crippen LogP contribution in [0.5, 0.6) is 11.5 Å². The summed E-state index contributed by atoms with van der Waals surface area (Å²) >= 11 is 0. The minimum Gasteiger partial charge on any atom is -0.504 e. The second kappa shape index (κ2) is 6.61. The van der Waals surface area contributed by atoms with E-state index in [1.54, 1.807) is 12.1 Å². The van der Waals surface area contributed by atoms with Gasteiger partial charge >= 0.3 is 0 Å². The van der Waals surface area contributed by atoms with Crippen molar-refractivity contribution in [2.75, 3.05) is 13.7 Å². The summed E-state index contributed by atoms with van der Waals surface area (Å²) in [4.78, 5) is 13.3. The van der Waals surface area contributed by atoms with Crippen LogP contribution < -0.4 is 10.5 Å². The molecule has 5 heteroatoms. The Kier molecular flexibility index (Phi) is 4.84. The first-order valence-corrected chi connectivity index (χ1v) is 6.98. The number of aromatic hydroxyl groups is 1. The molecule has 1 fully saturated rings. The van der Waals surface area contributed by atoms with Gasteiger partial charge in [-0.15, -0.1) is 0 Å². The summed E-state index contributed by atoms with van der Waals surface area (Å²) in [5.41, 5.74) is 6.30. The third kappa shape index (κ3) is 3.63. The zero-order valence-corrected chi connectivity index (χ0v) is 11.8. The molecule has 2 rings (SSSR count). The van der Waals surface area contributed by atoms with E-state index in [0.717, 1.165) is 18.4 Å². The van der Waals surface area contributed by atoms with E-state index in [-0.39, 0.29) is 18.2 Å². The molecule has 0 saturated heterocycles. The fourth-order valence-corrected chi connectivity index (χ4v) is 2.85. The molecule has 1 aromatic rings. The lowest BCUT2D eigenvalue weighted by atomic mass is 10.1. The minimum absolute atomic E-state index is 0.121. The summed E-state index contributed by atoms with van der Waals surface area (Å²) in [7, 11) is 1.52. The fraction of sp³-hybridized carbons (Fsp3) is 0.533. The van der Waals surface area contributed by atoms with Crippen molar-refractivity contribution in [3.05, 3.63) is 23.8 Å². The first-order valence-electron chi connectivity index (χ1n) is 6.98. The van der Waals surface area contributed by atoms with Crippen LogP contribution in [0.2, 0.25) is 0 Å². The first-order chi connectivity index (χ1) is 9.60. The summed E-state index contributed by atoms with van der Waals surface area (Å²) in [5, 5.41) is 9.82. The predicted octanol–water partition coefficient (Wildman–Crippen LogP) is 1.63. The second-order valence-corrected chi connectivity index (χ2v) is 5.32. The van der Waals surface area contributed by atoms with Crippen molar-refractivity contribution in [3.63, 3.8) is 0 Å². The molecule has 0 spiro atoms. The molecule has 0 atom stereocenters. The van der Waals surface area contributed by atoms with Crippen molar-refractivity contribution in [2.45, 2.75) is 38.3 Å². The number of rotatable bonds is 6. The van der Waals surface area contributed by atoms with E-state index in [1.165, 1.54) is 20.0 Å². The third-order valence-electron chi connectivity index (χ3n) is 3.83. The number of amides is 1. The number of carbonyl (C=O) groups is 1. The number of methoxy groups -OCH3 is 1. The lowest BCUT2D eigenvalue weighted by molar-refractivity contribution is -0.119. The number of nitrogens with two attached hydrogens (primary N) is 1. The first kappa shape index (κ1) is 14.7. The Morgan fingerprint density at radius 1 is 1.45 bits per heavy atom. The van der Waals surface area contributed by atoms with Crippen molar-refractivity contribution in [3.8, 4) is 11.5 Å². The topological polar surface area (TPSA) is 75.8 Å². The standard InChI is InChI=1S/C15H22N2O3/c1-20-14-7-6-11(8-13(14)18)9-17(10-15(16)19)12-4-2-3-5-12/h6-8,12,18H,2-5,9-10H2,1H3,(H2,16,19). The molecular weight excluding hydrogens is 256 g/mol. The van der Waals surface area contributed by atoms with Gasteiger partial charge in [0.2, 0.25) is 5.91 Å². The molecule has 1 aromatic carbocycles. The van der Waals surface area contributed by atoms with Crippen LogP contribution in [0.1, 0.15) is 31.2 Å². The molecule has 20 heavy (non-hydrogen) atoms. The Morgan fingerprint density at radius 3 is 2.70 bits per heavy atom. The van der Waals surface area contributed by atoms with E-state index in [9.17, 15) is 9.90 Å². The van der Waals surface area contributed by atoms with Crippen molar-refractivity contribution in [2.24, 2.45) is 5.73 Å². The Morgan fingerprint density at radius 2 is 2.15 bits per heavy atom. The highest BCUT2D eigenvalue weighted by molar-refractivity contribution is 5.76. The summed E-state index contributed by atoms with van der Waals surface area (Å²) in [5.74, 6) is 0.265. The summed E-state index contributed by atoms with van der Waals surface area (Å²) in [6.07, 6.45) is 4.62. The van der Waals surface area contributed by atoms with Crippen LogP contribution in [0.4, 0.5) is 0 Å². The molecule has 3 N–H and O–H groups in total. The van der Waals surface area contributed by atoms with Crippen molar-refractivity contribution in [1.82, 2.24) is 4.90 Å². The third-order valence-corrected chi connectivity index (χ3v) is 3.83. The number of hydrogen-bond donors (Lipinski definition) is 2. The van der Waals surface area contributed by atoms with Gasteiger partial charge in [0.05, 0.1) is 13.7 Å². The molecule has 0 radical (unpaired) electrons. The number of primary amides is 1. The highest BCUT2D eigenvalue weighted by atomic mass is 16.5. The maximum atomic E-state index is 11.2. The lowest BCUT2D eigenvalue weighted by Crippen LogP contribution is -2.39. The SMILES string of the molecule is COc1ccc(CN(CC(N)=O)C2CCCC2)cc1O. The molecule has 0 heterocycles. The number of phenols is 1. The molecule has 1 aliphatic rings. The van der Waals surface area contributed by atoms with Crippen LogP contribution in [0, 0.1) is 0 Å². The molecule has 1 aliphatic carbocycles. The predicted molar refractivity (Wildman–Crippen MR) is 76.5 cm³/mol. The van der Waals surface area contributed by atoms with Gasteiger partial charge in [0.25, 0.3) is 0 Å². The van der Waals surface area contributed by atoms with Gasteiger partial charge in [-0.2, -0.15) is 0 Å². The summed E-state index contributed by atoms with van der Waals surface area (Å²) in [6.45, 7) is 0.878. The maximum absolute atomic E-state index is 11.2. The molecule has 0 aromatic heterocycles. The number of nitrogens with zero attached hydrogens (tertiary/aromatic N) is 1. The molecular formula is C15H22N2O3. The van der Waals surface area contributed by atoms with Crippen molar-refractivity contribution in [1.29, 1.82) is 0 Å². The van der Waals surface area contributed by atoms with E-state index in [4.69, 9.17) is 10.5 Å². The maximum Gasteiger partial charge on any atom is 0.231 e. The smallest absolute Gasteiger partial charge is 0.231 e. The Labute approximate surface area is 119 Å². The van der Waals surface area contributed by atoms with Gasteiger partial charge in [0.15, 0.2) is 11.5 Å². The number of benzene rings is 1. The van der Waals surface area contributed by atoms with Crippen LogP contribution in [0.3, 0.4) is 0 Å². The van der Waals surface area contributed by atoms with Gasteiger partial charge < -0.3 is 15.6 Å². The van der Waals surface area contributed by atoms with Gasteiger partial charge in [0.1, 0.15) is 0 Å². The average Bonchev–Trinajstić information content (AvgIpc) is 2.91.